The van der Waals surface area contributed by atoms with Gasteiger partial charge in [-0.2, -0.15) is 14.8 Å². The van der Waals surface area contributed by atoms with E-state index in [0.717, 1.165) is 5.39 Å². The fraction of sp³-hybridized carbons (Fsp3) is 0.353. The molecule has 0 aliphatic carbocycles. The first-order valence-corrected chi connectivity index (χ1v) is 8.03. The van der Waals surface area contributed by atoms with Crippen LogP contribution in [0, 0.1) is 0 Å². The monoisotopic (exact) mass is 357 g/mol. The first-order chi connectivity index (χ1) is 12.2. The molecule has 9 nitrogen and oxygen atoms in total. The van der Waals surface area contributed by atoms with Gasteiger partial charge < -0.3 is 14.6 Å². The first-order valence-electron chi connectivity index (χ1n) is 8.03. The topological polar surface area (TPSA) is 112 Å². The number of carbonyl (C=O) groups excluding carboxylic acids is 2. The van der Waals surface area contributed by atoms with Crippen molar-refractivity contribution >= 4 is 22.9 Å². The molecule has 0 saturated carbocycles. The Hall–Kier alpha value is -3.23. The molecule has 0 saturated heterocycles. The van der Waals surface area contributed by atoms with Gasteiger partial charge in [-0.3, -0.25) is 4.79 Å². The van der Waals surface area contributed by atoms with Crippen molar-refractivity contribution in [2.24, 2.45) is 0 Å². The number of ether oxygens (including phenoxy) is 1. The van der Waals surface area contributed by atoms with Gasteiger partial charge in [0.1, 0.15) is 5.60 Å². The minimum absolute atomic E-state index is 0.0454. The zero-order chi connectivity index (χ0) is 18.9. The molecule has 26 heavy (non-hydrogen) atoms. The lowest BCUT2D eigenvalue weighted by Gasteiger charge is -2.19. The number of fused-ring (bicyclic) bond motifs is 1. The summed E-state index contributed by atoms with van der Waals surface area (Å²) in [5.74, 6) is 0.216. The van der Waals surface area contributed by atoms with Crippen molar-refractivity contribution in [3.63, 3.8) is 0 Å². The van der Waals surface area contributed by atoms with E-state index in [1.54, 1.807) is 26.8 Å². The van der Waals surface area contributed by atoms with Crippen molar-refractivity contribution in [1.82, 2.24) is 25.2 Å². The molecule has 0 fully saturated rings. The third-order valence-electron chi connectivity index (χ3n) is 3.35. The highest BCUT2D eigenvalue weighted by Crippen LogP contribution is 2.26. The van der Waals surface area contributed by atoms with Crippen LogP contribution >= 0.6 is 0 Å². The molecule has 136 valence electrons. The maximum absolute atomic E-state index is 11.8. The number of rotatable bonds is 3. The van der Waals surface area contributed by atoms with Crippen LogP contribution < -0.4 is 5.32 Å². The van der Waals surface area contributed by atoms with E-state index in [-0.39, 0.29) is 24.2 Å². The van der Waals surface area contributed by atoms with E-state index >= 15 is 0 Å². The van der Waals surface area contributed by atoms with E-state index in [1.165, 1.54) is 11.6 Å². The van der Waals surface area contributed by atoms with E-state index in [2.05, 4.69) is 20.6 Å². The zero-order valence-electron chi connectivity index (χ0n) is 14.9. The minimum atomic E-state index is -0.592. The Morgan fingerprint density at radius 2 is 2.00 bits per heavy atom. The van der Waals surface area contributed by atoms with Crippen LogP contribution in [-0.2, 0) is 11.3 Å². The van der Waals surface area contributed by atoms with Crippen molar-refractivity contribution in [2.45, 2.75) is 39.8 Å². The SMILES string of the molecule is CC(=O)n1nc(-c2nc(CNC(=O)OC(C)(C)C)no2)c2ccccc21. The normalized spacial score (nSPS) is 11.5. The molecule has 9 heteroatoms. The van der Waals surface area contributed by atoms with Gasteiger partial charge >= 0.3 is 6.09 Å². The van der Waals surface area contributed by atoms with Gasteiger partial charge in [-0.05, 0) is 26.8 Å². The summed E-state index contributed by atoms with van der Waals surface area (Å²) < 4.78 is 11.7. The lowest BCUT2D eigenvalue weighted by atomic mass is 10.2. The Morgan fingerprint density at radius 1 is 1.27 bits per heavy atom. The summed E-state index contributed by atoms with van der Waals surface area (Å²) in [5.41, 5.74) is 0.471. The number of hydrogen-bond donors (Lipinski definition) is 1. The quantitative estimate of drug-likeness (QED) is 0.767. The van der Waals surface area contributed by atoms with Crippen LogP contribution in [0.1, 0.15) is 38.3 Å². The lowest BCUT2D eigenvalue weighted by molar-refractivity contribution is 0.0521. The number of amides is 1. The van der Waals surface area contributed by atoms with Crippen molar-refractivity contribution in [3.05, 3.63) is 30.1 Å². The van der Waals surface area contributed by atoms with Crippen molar-refractivity contribution in [2.75, 3.05) is 0 Å². The molecule has 3 aromatic rings. The third-order valence-corrected chi connectivity index (χ3v) is 3.35. The van der Waals surface area contributed by atoms with Crippen molar-refractivity contribution in [1.29, 1.82) is 0 Å². The maximum Gasteiger partial charge on any atom is 0.408 e. The molecule has 0 atom stereocenters. The second-order valence-electron chi connectivity index (χ2n) is 6.67. The van der Waals surface area contributed by atoms with Gasteiger partial charge in [0, 0.05) is 12.3 Å². The molecule has 0 bridgehead atoms. The van der Waals surface area contributed by atoms with Crippen LogP contribution in [0.25, 0.3) is 22.5 Å². The summed E-state index contributed by atoms with van der Waals surface area (Å²) in [6, 6.07) is 7.26. The Balaban J connectivity index is 1.81. The number of aromatic nitrogens is 4. The van der Waals surface area contributed by atoms with Crippen LogP contribution in [0.5, 0.6) is 0 Å². The van der Waals surface area contributed by atoms with Crippen LogP contribution in [0.15, 0.2) is 28.8 Å². The molecule has 0 unspecified atom stereocenters. The zero-order valence-corrected chi connectivity index (χ0v) is 14.9. The Bertz CT molecular complexity index is 967. The number of nitrogens with zero attached hydrogens (tertiary/aromatic N) is 4. The van der Waals surface area contributed by atoms with Crippen LogP contribution in [0.4, 0.5) is 4.79 Å². The van der Waals surface area contributed by atoms with Gasteiger partial charge in [-0.1, -0.05) is 23.4 Å². The fourth-order valence-corrected chi connectivity index (χ4v) is 2.35. The highest BCUT2D eigenvalue weighted by molar-refractivity contribution is 5.97. The molecule has 2 aromatic heterocycles. The first kappa shape index (κ1) is 17.6. The molecule has 1 aromatic carbocycles. The molecule has 0 spiro atoms. The molecule has 3 rings (SSSR count). The molecule has 0 aliphatic rings. The third kappa shape index (κ3) is 3.71. The van der Waals surface area contributed by atoms with Crippen LogP contribution in [-0.4, -0.2) is 37.5 Å². The Labute approximate surface area is 149 Å². The smallest absolute Gasteiger partial charge is 0.408 e. The van der Waals surface area contributed by atoms with Gasteiger partial charge in [0.2, 0.25) is 5.91 Å². The molecule has 1 amide bonds. The van der Waals surface area contributed by atoms with Crippen LogP contribution in [0.3, 0.4) is 0 Å². The Kier molecular flexibility index (Phi) is 4.45. The van der Waals surface area contributed by atoms with Gasteiger partial charge in [-0.25, -0.2) is 4.79 Å². The van der Waals surface area contributed by atoms with E-state index in [1.807, 2.05) is 18.2 Å². The van der Waals surface area contributed by atoms with E-state index in [9.17, 15) is 9.59 Å². The van der Waals surface area contributed by atoms with Gasteiger partial charge in [0.05, 0.1) is 12.1 Å². The van der Waals surface area contributed by atoms with Crippen LogP contribution in [0.2, 0.25) is 0 Å². The summed E-state index contributed by atoms with van der Waals surface area (Å²) >= 11 is 0. The fourth-order valence-electron chi connectivity index (χ4n) is 2.35. The lowest BCUT2D eigenvalue weighted by Crippen LogP contribution is -2.32. The molecular weight excluding hydrogens is 338 g/mol. The van der Waals surface area contributed by atoms with E-state index in [0.29, 0.717) is 11.2 Å². The predicted molar refractivity (Wildman–Crippen MR) is 92.4 cm³/mol. The number of nitrogens with one attached hydrogen (secondary N) is 1. The Morgan fingerprint density at radius 3 is 2.69 bits per heavy atom. The van der Waals surface area contributed by atoms with Gasteiger partial charge in [-0.15, -0.1) is 0 Å². The number of benzene rings is 1. The summed E-state index contributed by atoms with van der Waals surface area (Å²) in [5, 5.41) is 11.4. The molecule has 0 radical (unpaired) electrons. The summed E-state index contributed by atoms with van der Waals surface area (Å²) in [6.07, 6.45) is -0.574. The minimum Gasteiger partial charge on any atom is -0.444 e. The number of alkyl carbamates (subject to hydrolysis) is 1. The highest BCUT2D eigenvalue weighted by Gasteiger charge is 2.20. The second kappa shape index (κ2) is 6.58. The van der Waals surface area contributed by atoms with E-state index < -0.39 is 11.7 Å². The predicted octanol–water partition coefficient (Wildman–Crippen LogP) is 2.77. The average molecular weight is 357 g/mol. The molecule has 2 heterocycles. The van der Waals surface area contributed by atoms with Crippen molar-refractivity contribution < 1.29 is 18.8 Å². The largest absolute Gasteiger partial charge is 0.444 e. The molecule has 0 aliphatic heterocycles. The van der Waals surface area contributed by atoms with Crippen molar-refractivity contribution in [3.8, 4) is 11.6 Å². The highest BCUT2D eigenvalue weighted by atomic mass is 16.6. The summed E-state index contributed by atoms with van der Waals surface area (Å²) in [7, 11) is 0. The average Bonchev–Trinajstić information content (AvgIpc) is 3.15. The standard InChI is InChI=1S/C17H19N5O4/c1-10(23)22-12-8-6-5-7-11(12)14(20-22)15-19-13(21-26-15)9-18-16(24)25-17(2,3)4/h5-8H,9H2,1-4H3,(H,18,24). The second-order valence-corrected chi connectivity index (χ2v) is 6.67. The number of para-hydroxylation sites is 1. The molecule has 1 N–H and O–H groups in total. The molecular formula is C17H19N5O4. The summed E-state index contributed by atoms with van der Waals surface area (Å²) in [4.78, 5) is 27.7. The van der Waals surface area contributed by atoms with Gasteiger partial charge in [0.25, 0.3) is 5.89 Å². The summed E-state index contributed by atoms with van der Waals surface area (Å²) in [6.45, 7) is 6.79. The van der Waals surface area contributed by atoms with Gasteiger partial charge in [0.15, 0.2) is 11.5 Å². The number of hydrogen-bond acceptors (Lipinski definition) is 7. The van der Waals surface area contributed by atoms with E-state index in [4.69, 9.17) is 9.26 Å². The maximum atomic E-state index is 11.8. The number of carbonyl (C=O) groups is 2.